The van der Waals surface area contributed by atoms with Crippen molar-refractivity contribution in [3.63, 3.8) is 0 Å². The first-order valence-electron chi connectivity index (χ1n) is 8.36. The summed E-state index contributed by atoms with van der Waals surface area (Å²) in [5.41, 5.74) is 5.24. The Balaban J connectivity index is 1.61. The van der Waals surface area contributed by atoms with Gasteiger partial charge in [0.15, 0.2) is 5.16 Å². The third-order valence-electron chi connectivity index (χ3n) is 3.68. The molecule has 0 bridgehead atoms. The van der Waals surface area contributed by atoms with E-state index in [1.807, 2.05) is 16.7 Å². The molecule has 7 nitrogen and oxygen atoms in total. The molecule has 0 aliphatic carbocycles. The van der Waals surface area contributed by atoms with E-state index in [-0.39, 0.29) is 18.1 Å². The van der Waals surface area contributed by atoms with Gasteiger partial charge in [-0.3, -0.25) is 9.36 Å². The number of halogens is 1. The molecule has 3 aromatic rings. The number of carbonyl (C=O) groups is 1. The summed E-state index contributed by atoms with van der Waals surface area (Å²) in [6, 6.07) is 9.56. The molecule has 0 spiro atoms. The fourth-order valence-corrected chi connectivity index (χ4v) is 3.16. The molecule has 27 heavy (non-hydrogen) atoms. The number of thioether (sulfide) groups is 1. The van der Waals surface area contributed by atoms with Gasteiger partial charge in [-0.15, -0.1) is 10.2 Å². The van der Waals surface area contributed by atoms with E-state index in [0.717, 1.165) is 5.76 Å². The van der Waals surface area contributed by atoms with Gasteiger partial charge in [-0.2, -0.15) is 0 Å². The summed E-state index contributed by atoms with van der Waals surface area (Å²) in [4.78, 5) is 11.1. The van der Waals surface area contributed by atoms with E-state index in [0.29, 0.717) is 42.1 Å². The van der Waals surface area contributed by atoms with Crippen LogP contribution in [0.2, 0.25) is 0 Å². The molecular weight excluding hydrogens is 371 g/mol. The molecule has 142 valence electrons. The summed E-state index contributed by atoms with van der Waals surface area (Å²) in [6.45, 7) is 0.899. The number of amides is 1. The molecule has 0 aliphatic rings. The van der Waals surface area contributed by atoms with E-state index in [9.17, 15) is 9.18 Å². The molecule has 0 unspecified atom stereocenters. The fraction of sp³-hybridized carbons (Fsp3) is 0.278. The number of hydrogen-bond acceptors (Lipinski definition) is 6. The minimum absolute atomic E-state index is 0.203. The van der Waals surface area contributed by atoms with Crippen LogP contribution in [0.15, 0.2) is 52.2 Å². The third kappa shape index (κ3) is 5.58. The number of nitrogens with zero attached hydrogens (tertiary/aromatic N) is 3. The zero-order chi connectivity index (χ0) is 19.1. The molecule has 2 aromatic heterocycles. The summed E-state index contributed by atoms with van der Waals surface area (Å²) in [7, 11) is 0. The van der Waals surface area contributed by atoms with E-state index < -0.39 is 0 Å². The van der Waals surface area contributed by atoms with Crippen LogP contribution in [0.25, 0.3) is 0 Å². The fourth-order valence-electron chi connectivity index (χ4n) is 2.39. The Morgan fingerprint density at radius 3 is 2.78 bits per heavy atom. The predicted molar refractivity (Wildman–Crippen MR) is 98.0 cm³/mol. The Kier molecular flexibility index (Phi) is 6.48. The standard InChI is InChI=1S/C18H19FN4O3S/c19-13-3-5-14(6-4-13)26-10-11-27-18-22-21-17(8-7-16(20)24)23(18)12-15-2-1-9-25-15/h1-6,9H,7-8,10-12H2,(H2,20,24). The molecular formula is C18H19FN4O3S. The smallest absolute Gasteiger partial charge is 0.217 e. The zero-order valence-electron chi connectivity index (χ0n) is 14.5. The van der Waals surface area contributed by atoms with Crippen molar-refractivity contribution in [2.24, 2.45) is 5.73 Å². The van der Waals surface area contributed by atoms with Crippen LogP contribution in [0.5, 0.6) is 5.75 Å². The minimum Gasteiger partial charge on any atom is -0.493 e. The van der Waals surface area contributed by atoms with Gasteiger partial charge in [-0.05, 0) is 36.4 Å². The van der Waals surface area contributed by atoms with Crippen molar-refractivity contribution < 1.29 is 18.3 Å². The van der Waals surface area contributed by atoms with Crippen molar-refractivity contribution in [1.29, 1.82) is 0 Å². The number of aromatic nitrogens is 3. The van der Waals surface area contributed by atoms with E-state index >= 15 is 0 Å². The van der Waals surface area contributed by atoms with Crippen LogP contribution >= 0.6 is 11.8 Å². The van der Waals surface area contributed by atoms with E-state index in [1.165, 1.54) is 23.9 Å². The van der Waals surface area contributed by atoms with Crippen LogP contribution in [0.1, 0.15) is 18.0 Å². The normalized spacial score (nSPS) is 10.9. The molecule has 0 saturated carbocycles. The average Bonchev–Trinajstić information content (AvgIpc) is 3.29. The number of ether oxygens (including phenoxy) is 1. The molecule has 0 fully saturated rings. The monoisotopic (exact) mass is 390 g/mol. The number of nitrogens with two attached hydrogens (primary N) is 1. The summed E-state index contributed by atoms with van der Waals surface area (Å²) >= 11 is 1.48. The van der Waals surface area contributed by atoms with E-state index in [4.69, 9.17) is 14.9 Å². The van der Waals surface area contributed by atoms with Crippen LogP contribution in [0.3, 0.4) is 0 Å². The maximum Gasteiger partial charge on any atom is 0.217 e. The van der Waals surface area contributed by atoms with Crippen molar-refractivity contribution in [2.45, 2.75) is 24.5 Å². The highest BCUT2D eigenvalue weighted by Gasteiger charge is 2.15. The van der Waals surface area contributed by atoms with Gasteiger partial charge in [0.2, 0.25) is 5.91 Å². The second-order valence-corrected chi connectivity index (χ2v) is 6.74. The summed E-state index contributed by atoms with van der Waals surface area (Å²) in [5.74, 6) is 1.99. The summed E-state index contributed by atoms with van der Waals surface area (Å²) in [6.07, 6.45) is 2.22. The molecule has 1 aromatic carbocycles. The van der Waals surface area contributed by atoms with E-state index in [1.54, 1.807) is 18.4 Å². The maximum absolute atomic E-state index is 12.9. The van der Waals surface area contributed by atoms with Gasteiger partial charge in [0.05, 0.1) is 19.4 Å². The van der Waals surface area contributed by atoms with Crippen molar-refractivity contribution in [3.8, 4) is 5.75 Å². The highest BCUT2D eigenvalue weighted by Crippen LogP contribution is 2.20. The quantitative estimate of drug-likeness (QED) is 0.422. The van der Waals surface area contributed by atoms with Crippen molar-refractivity contribution >= 4 is 17.7 Å². The first-order valence-corrected chi connectivity index (χ1v) is 9.34. The maximum atomic E-state index is 12.9. The lowest BCUT2D eigenvalue weighted by atomic mass is 10.3. The Hall–Kier alpha value is -2.81. The van der Waals surface area contributed by atoms with Crippen LogP contribution in [-0.4, -0.2) is 33.0 Å². The molecule has 2 heterocycles. The Morgan fingerprint density at radius 2 is 2.07 bits per heavy atom. The number of primary amides is 1. The summed E-state index contributed by atoms with van der Waals surface area (Å²) in [5, 5.41) is 9.09. The highest BCUT2D eigenvalue weighted by molar-refractivity contribution is 7.99. The average molecular weight is 390 g/mol. The third-order valence-corrected chi connectivity index (χ3v) is 4.61. The number of rotatable bonds is 10. The zero-order valence-corrected chi connectivity index (χ0v) is 15.3. The van der Waals surface area contributed by atoms with Crippen LogP contribution in [-0.2, 0) is 17.8 Å². The van der Waals surface area contributed by atoms with Crippen LogP contribution in [0, 0.1) is 5.82 Å². The lowest BCUT2D eigenvalue weighted by Gasteiger charge is -2.09. The van der Waals surface area contributed by atoms with Gasteiger partial charge in [-0.25, -0.2) is 4.39 Å². The Labute approximate surface area is 159 Å². The Bertz CT molecular complexity index is 865. The lowest BCUT2D eigenvalue weighted by Crippen LogP contribution is -2.14. The summed E-state index contributed by atoms with van der Waals surface area (Å²) < 4.78 is 25.8. The van der Waals surface area contributed by atoms with Crippen LogP contribution in [0.4, 0.5) is 4.39 Å². The first kappa shape index (κ1) is 19.0. The second-order valence-electron chi connectivity index (χ2n) is 5.68. The van der Waals surface area contributed by atoms with Gasteiger partial charge in [-0.1, -0.05) is 11.8 Å². The first-order chi connectivity index (χ1) is 13.1. The molecule has 1 amide bonds. The van der Waals surface area contributed by atoms with Crippen molar-refractivity contribution in [1.82, 2.24) is 14.8 Å². The number of furan rings is 1. The number of benzene rings is 1. The van der Waals surface area contributed by atoms with Gasteiger partial charge in [0.25, 0.3) is 0 Å². The molecule has 0 saturated heterocycles. The predicted octanol–water partition coefficient (Wildman–Crippen LogP) is 2.65. The van der Waals surface area contributed by atoms with Gasteiger partial charge >= 0.3 is 0 Å². The SMILES string of the molecule is NC(=O)CCc1nnc(SCCOc2ccc(F)cc2)n1Cc1ccco1. The van der Waals surface area contributed by atoms with Gasteiger partial charge in [0.1, 0.15) is 23.2 Å². The molecule has 0 radical (unpaired) electrons. The Morgan fingerprint density at radius 1 is 1.26 bits per heavy atom. The lowest BCUT2D eigenvalue weighted by molar-refractivity contribution is -0.118. The van der Waals surface area contributed by atoms with Gasteiger partial charge in [0, 0.05) is 18.6 Å². The van der Waals surface area contributed by atoms with Crippen molar-refractivity contribution in [2.75, 3.05) is 12.4 Å². The minimum atomic E-state index is -0.385. The molecule has 3 rings (SSSR count). The van der Waals surface area contributed by atoms with E-state index in [2.05, 4.69) is 10.2 Å². The number of carbonyl (C=O) groups excluding carboxylic acids is 1. The number of aryl methyl sites for hydroxylation is 1. The molecule has 9 heteroatoms. The second kappa shape index (κ2) is 9.22. The number of hydrogen-bond donors (Lipinski definition) is 1. The topological polar surface area (TPSA) is 96.2 Å². The molecule has 0 aliphatic heterocycles. The van der Waals surface area contributed by atoms with Crippen molar-refractivity contribution in [3.05, 3.63) is 60.1 Å². The molecule has 0 atom stereocenters. The van der Waals surface area contributed by atoms with Gasteiger partial charge < -0.3 is 14.9 Å². The largest absolute Gasteiger partial charge is 0.493 e. The van der Waals surface area contributed by atoms with Crippen LogP contribution < -0.4 is 10.5 Å². The highest BCUT2D eigenvalue weighted by atomic mass is 32.2. The molecule has 2 N–H and O–H groups in total.